The van der Waals surface area contributed by atoms with E-state index in [0.717, 1.165) is 38.3 Å². The molecule has 4 rings (SSSR count). The molecule has 0 saturated carbocycles. The zero-order chi connectivity index (χ0) is 19.9. The number of benzene rings is 2. The molecule has 1 saturated heterocycles. The first-order valence-corrected chi connectivity index (χ1v) is 10.1. The van der Waals surface area contributed by atoms with Gasteiger partial charge in [-0.05, 0) is 36.2 Å². The Bertz CT molecular complexity index is 908. The van der Waals surface area contributed by atoms with Crippen molar-refractivity contribution in [2.45, 2.75) is 19.6 Å². The Kier molecular flexibility index (Phi) is 6.27. The maximum absolute atomic E-state index is 12.9. The molecule has 0 bridgehead atoms. The molecule has 5 nitrogen and oxygen atoms in total. The van der Waals surface area contributed by atoms with Crippen molar-refractivity contribution in [3.8, 4) is 5.75 Å². The first-order valence-electron chi connectivity index (χ1n) is 10.1. The molecule has 0 aliphatic carbocycles. The predicted octanol–water partition coefficient (Wildman–Crippen LogP) is 4.21. The Morgan fingerprint density at radius 1 is 0.862 bits per heavy atom. The van der Waals surface area contributed by atoms with Gasteiger partial charge in [0.15, 0.2) is 5.76 Å². The van der Waals surface area contributed by atoms with E-state index in [9.17, 15) is 4.79 Å². The summed E-state index contributed by atoms with van der Waals surface area (Å²) < 4.78 is 11.4. The van der Waals surface area contributed by atoms with Gasteiger partial charge in [0.05, 0.1) is 0 Å². The van der Waals surface area contributed by atoms with Crippen LogP contribution in [0.3, 0.4) is 0 Å². The number of ether oxygens (including phenoxy) is 1. The number of carbonyl (C=O) groups is 1. The van der Waals surface area contributed by atoms with Crippen LogP contribution in [0.15, 0.2) is 77.2 Å². The number of rotatable bonds is 6. The van der Waals surface area contributed by atoms with Gasteiger partial charge in [-0.1, -0.05) is 48.5 Å². The van der Waals surface area contributed by atoms with E-state index in [-0.39, 0.29) is 5.91 Å². The van der Waals surface area contributed by atoms with Crippen LogP contribution in [0.2, 0.25) is 0 Å². The largest absolute Gasteiger partial charge is 0.486 e. The smallest absolute Gasteiger partial charge is 0.289 e. The highest BCUT2D eigenvalue weighted by molar-refractivity contribution is 5.91. The number of amides is 1. The summed E-state index contributed by atoms with van der Waals surface area (Å²) in [5, 5.41) is 0. The molecule has 0 unspecified atom stereocenters. The van der Waals surface area contributed by atoms with Gasteiger partial charge in [0.25, 0.3) is 5.91 Å². The van der Waals surface area contributed by atoms with Crippen LogP contribution in [-0.4, -0.2) is 41.9 Å². The van der Waals surface area contributed by atoms with E-state index in [4.69, 9.17) is 9.15 Å². The van der Waals surface area contributed by atoms with Gasteiger partial charge in [-0.15, -0.1) is 0 Å². The van der Waals surface area contributed by atoms with E-state index in [2.05, 4.69) is 29.2 Å². The average molecular weight is 390 g/mol. The summed E-state index contributed by atoms with van der Waals surface area (Å²) in [6, 6.07) is 23.6. The quantitative estimate of drug-likeness (QED) is 0.633. The van der Waals surface area contributed by atoms with Gasteiger partial charge < -0.3 is 14.1 Å². The molecule has 29 heavy (non-hydrogen) atoms. The number of para-hydroxylation sites is 1. The molecular formula is C24H26N2O3. The minimum atomic E-state index is -0.0440. The summed E-state index contributed by atoms with van der Waals surface area (Å²) in [6.07, 6.45) is 0.962. The van der Waals surface area contributed by atoms with E-state index >= 15 is 0 Å². The fourth-order valence-corrected chi connectivity index (χ4v) is 3.57. The van der Waals surface area contributed by atoms with E-state index in [0.29, 0.717) is 24.7 Å². The Morgan fingerprint density at radius 2 is 1.62 bits per heavy atom. The van der Waals surface area contributed by atoms with E-state index < -0.39 is 0 Å². The van der Waals surface area contributed by atoms with Gasteiger partial charge in [-0.3, -0.25) is 9.69 Å². The van der Waals surface area contributed by atoms with Crippen molar-refractivity contribution < 1.29 is 13.9 Å². The zero-order valence-corrected chi connectivity index (χ0v) is 16.5. The monoisotopic (exact) mass is 390 g/mol. The number of furan rings is 1. The lowest BCUT2D eigenvalue weighted by Gasteiger charge is -2.21. The minimum absolute atomic E-state index is 0.0440. The number of hydrogen-bond donors (Lipinski definition) is 0. The second-order valence-corrected chi connectivity index (χ2v) is 7.28. The second-order valence-electron chi connectivity index (χ2n) is 7.28. The van der Waals surface area contributed by atoms with Crippen LogP contribution >= 0.6 is 0 Å². The van der Waals surface area contributed by atoms with Crippen LogP contribution < -0.4 is 4.74 Å². The number of hydrogen-bond acceptors (Lipinski definition) is 4. The fraction of sp³-hybridized carbons (Fsp3) is 0.292. The van der Waals surface area contributed by atoms with E-state index in [1.807, 2.05) is 47.4 Å². The lowest BCUT2D eigenvalue weighted by atomic mass is 10.2. The highest BCUT2D eigenvalue weighted by atomic mass is 16.5. The molecular weight excluding hydrogens is 364 g/mol. The minimum Gasteiger partial charge on any atom is -0.486 e. The zero-order valence-electron chi connectivity index (χ0n) is 16.5. The third-order valence-corrected chi connectivity index (χ3v) is 5.12. The third kappa shape index (κ3) is 5.27. The van der Waals surface area contributed by atoms with Crippen molar-refractivity contribution in [2.75, 3.05) is 26.2 Å². The van der Waals surface area contributed by atoms with Crippen LogP contribution in [-0.2, 0) is 13.2 Å². The Morgan fingerprint density at radius 3 is 2.41 bits per heavy atom. The lowest BCUT2D eigenvalue weighted by molar-refractivity contribution is 0.0725. The molecule has 1 aliphatic heterocycles. The van der Waals surface area contributed by atoms with Crippen molar-refractivity contribution in [2.24, 2.45) is 0 Å². The highest BCUT2D eigenvalue weighted by Gasteiger charge is 2.22. The van der Waals surface area contributed by atoms with Crippen molar-refractivity contribution in [3.05, 3.63) is 89.9 Å². The van der Waals surface area contributed by atoms with Crippen molar-refractivity contribution in [1.29, 1.82) is 0 Å². The summed E-state index contributed by atoms with van der Waals surface area (Å²) in [5.41, 5.74) is 1.31. The molecule has 2 heterocycles. The summed E-state index contributed by atoms with van der Waals surface area (Å²) in [5.74, 6) is 1.77. The molecule has 150 valence electrons. The molecule has 2 aromatic carbocycles. The number of carbonyl (C=O) groups excluding carboxylic acids is 1. The standard InChI is InChI=1S/C24H26N2O3/c27-24(23-13-12-22(29-23)19-28-21-10-5-2-6-11-21)26-15-7-14-25(16-17-26)18-20-8-3-1-4-9-20/h1-6,8-13H,7,14-19H2. The summed E-state index contributed by atoms with van der Waals surface area (Å²) in [7, 11) is 0. The average Bonchev–Trinajstić information content (AvgIpc) is 3.12. The van der Waals surface area contributed by atoms with Gasteiger partial charge in [0.1, 0.15) is 18.1 Å². The van der Waals surface area contributed by atoms with Gasteiger partial charge >= 0.3 is 0 Å². The van der Waals surface area contributed by atoms with Gasteiger partial charge in [-0.25, -0.2) is 0 Å². The SMILES string of the molecule is O=C(c1ccc(COc2ccccc2)o1)N1CCCN(Cc2ccccc2)CC1. The topological polar surface area (TPSA) is 45.9 Å². The van der Waals surface area contributed by atoms with Crippen molar-refractivity contribution in [1.82, 2.24) is 9.80 Å². The maximum atomic E-state index is 12.9. The molecule has 1 aromatic heterocycles. The van der Waals surface area contributed by atoms with E-state index in [1.54, 1.807) is 6.07 Å². The van der Waals surface area contributed by atoms with Crippen LogP contribution in [0.25, 0.3) is 0 Å². The van der Waals surface area contributed by atoms with Crippen molar-refractivity contribution in [3.63, 3.8) is 0 Å². The summed E-state index contributed by atoms with van der Waals surface area (Å²) >= 11 is 0. The highest BCUT2D eigenvalue weighted by Crippen LogP contribution is 2.17. The van der Waals surface area contributed by atoms with Crippen LogP contribution in [0.1, 0.15) is 28.3 Å². The Hall–Kier alpha value is -3.05. The molecule has 0 spiro atoms. The van der Waals surface area contributed by atoms with Crippen LogP contribution in [0.5, 0.6) is 5.75 Å². The van der Waals surface area contributed by atoms with Crippen molar-refractivity contribution >= 4 is 5.91 Å². The first-order chi connectivity index (χ1) is 14.3. The Labute approximate surface area is 171 Å². The molecule has 3 aromatic rings. The fourth-order valence-electron chi connectivity index (χ4n) is 3.57. The molecule has 0 atom stereocenters. The second kappa shape index (κ2) is 9.43. The summed E-state index contributed by atoms with van der Waals surface area (Å²) in [6.45, 7) is 4.55. The van der Waals surface area contributed by atoms with Crippen LogP contribution in [0.4, 0.5) is 0 Å². The van der Waals surface area contributed by atoms with Gasteiger partial charge in [0.2, 0.25) is 0 Å². The molecule has 1 aliphatic rings. The molecule has 0 radical (unpaired) electrons. The molecule has 1 fully saturated rings. The molecule has 1 amide bonds. The molecule has 5 heteroatoms. The van der Waals surface area contributed by atoms with E-state index in [1.165, 1.54) is 5.56 Å². The summed E-state index contributed by atoms with van der Waals surface area (Å²) in [4.78, 5) is 17.2. The van der Waals surface area contributed by atoms with Gasteiger partial charge in [-0.2, -0.15) is 0 Å². The van der Waals surface area contributed by atoms with Crippen LogP contribution in [0, 0.1) is 0 Å². The molecule has 0 N–H and O–H groups in total. The lowest BCUT2D eigenvalue weighted by Crippen LogP contribution is -2.34. The first kappa shape index (κ1) is 19.3. The number of nitrogens with zero attached hydrogens (tertiary/aromatic N) is 2. The van der Waals surface area contributed by atoms with Gasteiger partial charge in [0, 0.05) is 32.7 Å². The predicted molar refractivity (Wildman–Crippen MR) is 112 cm³/mol. The third-order valence-electron chi connectivity index (χ3n) is 5.12. The maximum Gasteiger partial charge on any atom is 0.289 e. The normalized spacial score (nSPS) is 15.1. The Balaban J connectivity index is 1.31.